The van der Waals surface area contributed by atoms with Crippen LogP contribution in [-0.4, -0.2) is 9.97 Å². The van der Waals surface area contributed by atoms with Gasteiger partial charge in [0.15, 0.2) is 0 Å². The second-order valence-electron chi connectivity index (χ2n) is 3.40. The van der Waals surface area contributed by atoms with Gasteiger partial charge in [-0.3, -0.25) is 4.79 Å². The molecule has 4 nitrogen and oxygen atoms in total. The first-order chi connectivity index (χ1) is 7.17. The Morgan fingerprint density at radius 1 is 1.53 bits per heavy atom. The fraction of sp³-hybridized carbons (Fsp3) is 0.400. The SMILES string of the molecule is CCc1nc2sc(CN)c(C)c2c(=O)[nH]1. The first-order valence-electron chi connectivity index (χ1n) is 4.88. The maximum absolute atomic E-state index is 11.8. The van der Waals surface area contributed by atoms with E-state index in [2.05, 4.69) is 9.97 Å². The van der Waals surface area contributed by atoms with Crippen LogP contribution in [0.2, 0.25) is 0 Å². The number of nitrogens with zero attached hydrogens (tertiary/aromatic N) is 1. The van der Waals surface area contributed by atoms with E-state index in [1.54, 1.807) is 0 Å². The number of hydrogen-bond donors (Lipinski definition) is 2. The maximum atomic E-state index is 11.8. The number of aromatic amines is 1. The van der Waals surface area contributed by atoms with Crippen molar-refractivity contribution >= 4 is 21.6 Å². The Bertz CT molecular complexity index is 556. The number of aryl methyl sites for hydroxylation is 2. The highest BCUT2D eigenvalue weighted by atomic mass is 32.1. The molecule has 0 aliphatic heterocycles. The smallest absolute Gasteiger partial charge is 0.259 e. The van der Waals surface area contributed by atoms with Crippen molar-refractivity contribution in [1.82, 2.24) is 9.97 Å². The minimum absolute atomic E-state index is 0.0506. The van der Waals surface area contributed by atoms with Gasteiger partial charge in [0.25, 0.3) is 5.56 Å². The van der Waals surface area contributed by atoms with Crippen LogP contribution in [0.3, 0.4) is 0 Å². The summed E-state index contributed by atoms with van der Waals surface area (Å²) in [5.41, 5.74) is 6.52. The summed E-state index contributed by atoms with van der Waals surface area (Å²) in [6.45, 7) is 4.35. The van der Waals surface area contributed by atoms with Crippen LogP contribution in [0.1, 0.15) is 23.2 Å². The van der Waals surface area contributed by atoms with Gasteiger partial charge in [-0.2, -0.15) is 0 Å². The van der Waals surface area contributed by atoms with Crippen molar-refractivity contribution in [2.75, 3.05) is 0 Å². The summed E-state index contributed by atoms with van der Waals surface area (Å²) in [7, 11) is 0. The van der Waals surface area contributed by atoms with Crippen LogP contribution in [0.5, 0.6) is 0 Å². The molecular weight excluding hydrogens is 210 g/mol. The molecule has 0 saturated heterocycles. The summed E-state index contributed by atoms with van der Waals surface area (Å²) < 4.78 is 0. The Balaban J connectivity index is 2.83. The van der Waals surface area contributed by atoms with E-state index in [0.717, 1.165) is 27.5 Å². The second kappa shape index (κ2) is 3.75. The van der Waals surface area contributed by atoms with E-state index in [1.807, 2.05) is 13.8 Å². The lowest BCUT2D eigenvalue weighted by atomic mass is 10.2. The molecule has 2 rings (SSSR count). The molecule has 3 N–H and O–H groups in total. The van der Waals surface area contributed by atoms with Crippen LogP contribution in [0.15, 0.2) is 4.79 Å². The quantitative estimate of drug-likeness (QED) is 0.806. The van der Waals surface area contributed by atoms with Gasteiger partial charge in [-0.1, -0.05) is 6.92 Å². The van der Waals surface area contributed by atoms with Crippen molar-refractivity contribution in [1.29, 1.82) is 0 Å². The fourth-order valence-electron chi connectivity index (χ4n) is 1.60. The molecule has 0 saturated carbocycles. The molecule has 0 aliphatic rings. The summed E-state index contributed by atoms with van der Waals surface area (Å²) in [5, 5.41) is 0.692. The van der Waals surface area contributed by atoms with Crippen LogP contribution < -0.4 is 11.3 Å². The zero-order valence-electron chi connectivity index (χ0n) is 8.76. The Morgan fingerprint density at radius 2 is 2.27 bits per heavy atom. The van der Waals surface area contributed by atoms with Gasteiger partial charge in [0, 0.05) is 17.8 Å². The van der Waals surface area contributed by atoms with E-state index < -0.39 is 0 Å². The number of nitrogens with two attached hydrogens (primary N) is 1. The van der Waals surface area contributed by atoms with Crippen molar-refractivity contribution < 1.29 is 0 Å². The number of thiophene rings is 1. The molecule has 0 unspecified atom stereocenters. The van der Waals surface area contributed by atoms with Crippen molar-refractivity contribution in [2.45, 2.75) is 26.8 Å². The highest BCUT2D eigenvalue weighted by Gasteiger charge is 2.12. The normalized spacial score (nSPS) is 11.1. The molecule has 2 aromatic heterocycles. The number of fused-ring (bicyclic) bond motifs is 1. The Morgan fingerprint density at radius 3 is 2.87 bits per heavy atom. The average Bonchev–Trinajstić information content (AvgIpc) is 2.55. The first kappa shape index (κ1) is 10.3. The standard InChI is InChI=1S/C10H13N3OS/c1-3-7-12-9(14)8-5(2)6(4-11)15-10(8)13-7/h3-4,11H2,1-2H3,(H,12,13,14). The summed E-state index contributed by atoms with van der Waals surface area (Å²) in [4.78, 5) is 20.8. The number of hydrogen-bond acceptors (Lipinski definition) is 4. The van der Waals surface area contributed by atoms with E-state index in [0.29, 0.717) is 11.9 Å². The predicted molar refractivity (Wildman–Crippen MR) is 62.2 cm³/mol. The molecular formula is C10H13N3OS. The lowest BCUT2D eigenvalue weighted by molar-refractivity contribution is 0.947. The third-order valence-electron chi connectivity index (χ3n) is 2.47. The molecule has 0 spiro atoms. The Hall–Kier alpha value is -1.20. The van der Waals surface area contributed by atoms with Crippen LogP contribution in [0.25, 0.3) is 10.2 Å². The highest BCUT2D eigenvalue weighted by molar-refractivity contribution is 7.18. The van der Waals surface area contributed by atoms with Crippen molar-refractivity contribution in [2.24, 2.45) is 5.73 Å². The number of nitrogens with one attached hydrogen (secondary N) is 1. The average molecular weight is 223 g/mol. The number of H-pyrrole nitrogens is 1. The lowest BCUT2D eigenvalue weighted by Gasteiger charge is -1.95. The summed E-state index contributed by atoms with van der Waals surface area (Å²) in [6.07, 6.45) is 0.736. The summed E-state index contributed by atoms with van der Waals surface area (Å²) >= 11 is 1.51. The minimum atomic E-state index is -0.0506. The summed E-state index contributed by atoms with van der Waals surface area (Å²) in [5.74, 6) is 0.734. The minimum Gasteiger partial charge on any atom is -0.326 e. The molecule has 0 fully saturated rings. The second-order valence-corrected chi connectivity index (χ2v) is 4.48. The first-order valence-corrected chi connectivity index (χ1v) is 5.70. The van der Waals surface area contributed by atoms with Crippen molar-refractivity contribution in [3.63, 3.8) is 0 Å². The molecule has 0 bridgehead atoms. The van der Waals surface area contributed by atoms with Gasteiger partial charge in [0.05, 0.1) is 5.39 Å². The van der Waals surface area contributed by atoms with Crippen LogP contribution in [-0.2, 0) is 13.0 Å². The highest BCUT2D eigenvalue weighted by Crippen LogP contribution is 2.26. The number of aromatic nitrogens is 2. The number of rotatable bonds is 2. The van der Waals surface area contributed by atoms with Gasteiger partial charge in [0.2, 0.25) is 0 Å². The van der Waals surface area contributed by atoms with Gasteiger partial charge in [-0.05, 0) is 12.5 Å². The van der Waals surface area contributed by atoms with E-state index >= 15 is 0 Å². The summed E-state index contributed by atoms with van der Waals surface area (Å²) in [6, 6.07) is 0. The van der Waals surface area contributed by atoms with Gasteiger partial charge in [-0.15, -0.1) is 11.3 Å². The fourth-order valence-corrected chi connectivity index (χ4v) is 2.67. The van der Waals surface area contributed by atoms with E-state index in [1.165, 1.54) is 11.3 Å². The molecule has 15 heavy (non-hydrogen) atoms. The van der Waals surface area contributed by atoms with Crippen LogP contribution in [0.4, 0.5) is 0 Å². The van der Waals surface area contributed by atoms with Gasteiger partial charge >= 0.3 is 0 Å². The molecule has 2 heterocycles. The third-order valence-corrected chi connectivity index (χ3v) is 3.68. The van der Waals surface area contributed by atoms with Crippen LogP contribution in [0, 0.1) is 6.92 Å². The molecule has 2 aromatic rings. The molecule has 0 aromatic carbocycles. The largest absolute Gasteiger partial charge is 0.326 e. The molecule has 0 atom stereocenters. The molecule has 0 amide bonds. The van der Waals surface area contributed by atoms with Crippen molar-refractivity contribution in [3.05, 3.63) is 26.6 Å². The topological polar surface area (TPSA) is 71.8 Å². The molecule has 0 radical (unpaired) electrons. The maximum Gasteiger partial charge on any atom is 0.259 e. The molecule has 0 aliphatic carbocycles. The van der Waals surface area contributed by atoms with E-state index in [9.17, 15) is 4.79 Å². The van der Waals surface area contributed by atoms with E-state index in [4.69, 9.17) is 5.73 Å². The zero-order chi connectivity index (χ0) is 11.0. The molecule has 5 heteroatoms. The van der Waals surface area contributed by atoms with E-state index in [-0.39, 0.29) is 5.56 Å². The zero-order valence-corrected chi connectivity index (χ0v) is 9.57. The Kier molecular flexibility index (Phi) is 2.58. The predicted octanol–water partition coefficient (Wildman–Crippen LogP) is 1.31. The molecule has 80 valence electrons. The monoisotopic (exact) mass is 223 g/mol. The Labute approximate surface area is 91.2 Å². The van der Waals surface area contributed by atoms with Gasteiger partial charge < -0.3 is 10.7 Å². The van der Waals surface area contributed by atoms with Crippen LogP contribution >= 0.6 is 11.3 Å². The van der Waals surface area contributed by atoms with Crippen molar-refractivity contribution in [3.8, 4) is 0 Å². The lowest BCUT2D eigenvalue weighted by Crippen LogP contribution is -2.10. The van der Waals surface area contributed by atoms with Gasteiger partial charge in [-0.25, -0.2) is 4.98 Å². The van der Waals surface area contributed by atoms with Gasteiger partial charge in [0.1, 0.15) is 10.7 Å². The third kappa shape index (κ3) is 1.57.